The summed E-state index contributed by atoms with van der Waals surface area (Å²) in [5.74, 6) is -0.0633. The summed E-state index contributed by atoms with van der Waals surface area (Å²) in [4.78, 5) is 0. The number of rotatable bonds is 5. The van der Waals surface area contributed by atoms with E-state index in [0.29, 0.717) is 12.5 Å². The highest BCUT2D eigenvalue weighted by atomic mass is 16.8. The Morgan fingerprint density at radius 3 is 2.55 bits per heavy atom. The van der Waals surface area contributed by atoms with Crippen molar-refractivity contribution in [2.75, 3.05) is 0 Å². The van der Waals surface area contributed by atoms with Gasteiger partial charge in [0.25, 0.3) is 0 Å². The molecule has 4 nitrogen and oxygen atoms in total. The SMILES string of the molecule is CC(C)C[C@H]1O[C@@H]2OC(C)(C)O[C@@H]2[C@H]1OCc1ccccc1. The molecule has 0 aromatic heterocycles. The zero-order chi connectivity index (χ0) is 15.7. The van der Waals surface area contributed by atoms with Crippen LogP contribution in [0.15, 0.2) is 30.3 Å². The molecule has 0 spiro atoms. The molecular formula is C18H26O4. The molecule has 0 aliphatic carbocycles. The molecule has 0 bridgehead atoms. The molecule has 3 rings (SSSR count). The second kappa shape index (κ2) is 6.28. The van der Waals surface area contributed by atoms with Crippen LogP contribution in [0.3, 0.4) is 0 Å². The molecule has 2 heterocycles. The Balaban J connectivity index is 1.68. The van der Waals surface area contributed by atoms with Gasteiger partial charge in [0.2, 0.25) is 0 Å². The lowest BCUT2D eigenvalue weighted by Gasteiger charge is -2.26. The van der Waals surface area contributed by atoms with Crippen molar-refractivity contribution in [1.82, 2.24) is 0 Å². The van der Waals surface area contributed by atoms with Gasteiger partial charge in [-0.2, -0.15) is 0 Å². The Hall–Kier alpha value is -0.940. The van der Waals surface area contributed by atoms with Gasteiger partial charge in [-0.15, -0.1) is 0 Å². The van der Waals surface area contributed by atoms with E-state index in [1.807, 2.05) is 32.0 Å². The van der Waals surface area contributed by atoms with Gasteiger partial charge >= 0.3 is 0 Å². The molecule has 2 aliphatic rings. The van der Waals surface area contributed by atoms with Gasteiger partial charge in [0, 0.05) is 0 Å². The third-order valence-corrected chi connectivity index (χ3v) is 4.08. The largest absolute Gasteiger partial charge is 0.368 e. The minimum atomic E-state index is -0.605. The second-order valence-electron chi connectivity index (χ2n) is 7.03. The van der Waals surface area contributed by atoms with Gasteiger partial charge in [-0.25, -0.2) is 0 Å². The molecule has 1 aromatic rings. The molecule has 1 aromatic carbocycles. The Labute approximate surface area is 132 Å². The fourth-order valence-corrected chi connectivity index (χ4v) is 3.17. The van der Waals surface area contributed by atoms with Gasteiger partial charge in [-0.05, 0) is 31.7 Å². The monoisotopic (exact) mass is 306 g/mol. The van der Waals surface area contributed by atoms with E-state index in [-0.39, 0.29) is 24.6 Å². The van der Waals surface area contributed by atoms with Crippen LogP contribution in [0.5, 0.6) is 0 Å². The average Bonchev–Trinajstić information content (AvgIpc) is 2.88. The highest BCUT2D eigenvalue weighted by Gasteiger charge is 2.55. The van der Waals surface area contributed by atoms with Crippen LogP contribution in [0, 0.1) is 5.92 Å². The van der Waals surface area contributed by atoms with Crippen molar-refractivity contribution < 1.29 is 18.9 Å². The molecule has 122 valence electrons. The van der Waals surface area contributed by atoms with E-state index in [1.54, 1.807) is 0 Å². The fraction of sp³-hybridized carbons (Fsp3) is 0.667. The van der Waals surface area contributed by atoms with Crippen LogP contribution in [-0.4, -0.2) is 30.4 Å². The highest BCUT2D eigenvalue weighted by molar-refractivity contribution is 5.13. The zero-order valence-electron chi connectivity index (χ0n) is 13.8. The Morgan fingerprint density at radius 1 is 1.14 bits per heavy atom. The summed E-state index contributed by atoms with van der Waals surface area (Å²) in [6.07, 6.45) is 0.408. The second-order valence-corrected chi connectivity index (χ2v) is 7.03. The quantitative estimate of drug-likeness (QED) is 0.834. The number of benzene rings is 1. The minimum Gasteiger partial charge on any atom is -0.368 e. The maximum atomic E-state index is 6.18. The normalized spacial score (nSPS) is 33.3. The molecule has 0 radical (unpaired) electrons. The summed E-state index contributed by atoms with van der Waals surface area (Å²) in [5, 5.41) is 0. The van der Waals surface area contributed by atoms with E-state index in [9.17, 15) is 0 Å². The molecule has 0 unspecified atom stereocenters. The average molecular weight is 306 g/mol. The first-order chi connectivity index (χ1) is 10.4. The van der Waals surface area contributed by atoms with Gasteiger partial charge in [-0.1, -0.05) is 44.2 Å². The van der Waals surface area contributed by atoms with Crippen LogP contribution in [0.25, 0.3) is 0 Å². The summed E-state index contributed by atoms with van der Waals surface area (Å²) in [6.45, 7) is 8.78. The Kier molecular flexibility index (Phi) is 4.55. The van der Waals surface area contributed by atoms with Crippen molar-refractivity contribution in [3.63, 3.8) is 0 Å². The third kappa shape index (κ3) is 3.51. The minimum absolute atomic E-state index is 0.0230. The van der Waals surface area contributed by atoms with Gasteiger partial charge < -0.3 is 18.9 Å². The highest BCUT2D eigenvalue weighted by Crippen LogP contribution is 2.40. The van der Waals surface area contributed by atoms with Crippen molar-refractivity contribution in [3.8, 4) is 0 Å². The molecule has 0 amide bonds. The molecule has 0 N–H and O–H groups in total. The van der Waals surface area contributed by atoms with Crippen LogP contribution in [0.1, 0.15) is 39.7 Å². The van der Waals surface area contributed by atoms with Crippen molar-refractivity contribution in [2.24, 2.45) is 5.92 Å². The van der Waals surface area contributed by atoms with Crippen LogP contribution < -0.4 is 0 Å². The van der Waals surface area contributed by atoms with Gasteiger partial charge in [0.05, 0.1) is 12.7 Å². The maximum Gasteiger partial charge on any atom is 0.190 e. The number of hydrogen-bond donors (Lipinski definition) is 0. The summed E-state index contributed by atoms with van der Waals surface area (Å²) in [6, 6.07) is 10.2. The van der Waals surface area contributed by atoms with Gasteiger partial charge in [-0.3, -0.25) is 0 Å². The van der Waals surface area contributed by atoms with Crippen LogP contribution in [-0.2, 0) is 25.6 Å². The molecule has 4 atom stereocenters. The smallest absolute Gasteiger partial charge is 0.190 e. The zero-order valence-corrected chi connectivity index (χ0v) is 13.8. The third-order valence-electron chi connectivity index (χ3n) is 4.08. The van der Waals surface area contributed by atoms with E-state index < -0.39 is 5.79 Å². The molecule has 4 heteroatoms. The summed E-state index contributed by atoms with van der Waals surface area (Å²) >= 11 is 0. The molecule has 2 fully saturated rings. The van der Waals surface area contributed by atoms with E-state index in [1.165, 1.54) is 0 Å². The van der Waals surface area contributed by atoms with Crippen molar-refractivity contribution in [3.05, 3.63) is 35.9 Å². The molecule has 0 saturated carbocycles. The summed E-state index contributed by atoms with van der Waals surface area (Å²) in [5.41, 5.74) is 1.16. The van der Waals surface area contributed by atoms with Crippen molar-refractivity contribution in [2.45, 2.75) is 71.1 Å². The number of hydrogen-bond acceptors (Lipinski definition) is 4. The maximum absolute atomic E-state index is 6.18. The fourth-order valence-electron chi connectivity index (χ4n) is 3.17. The molecule has 22 heavy (non-hydrogen) atoms. The predicted octanol–water partition coefficient (Wildman–Crippen LogP) is 3.49. The standard InChI is InChI=1S/C18H26O4/c1-12(2)10-14-15(19-11-13-8-6-5-7-9-13)16-17(20-14)22-18(3,4)21-16/h5-9,12,14-17H,10-11H2,1-4H3/t14-,15+,16-,17-/m1/s1. The van der Waals surface area contributed by atoms with Crippen LogP contribution in [0.2, 0.25) is 0 Å². The van der Waals surface area contributed by atoms with Gasteiger partial charge in [0.15, 0.2) is 12.1 Å². The van der Waals surface area contributed by atoms with Crippen molar-refractivity contribution >= 4 is 0 Å². The molecular weight excluding hydrogens is 280 g/mol. The van der Waals surface area contributed by atoms with E-state index in [4.69, 9.17) is 18.9 Å². The van der Waals surface area contributed by atoms with Crippen LogP contribution >= 0.6 is 0 Å². The summed E-state index contributed by atoms with van der Waals surface area (Å²) < 4.78 is 24.1. The Bertz CT molecular complexity index is 485. The van der Waals surface area contributed by atoms with Crippen molar-refractivity contribution in [1.29, 1.82) is 0 Å². The van der Waals surface area contributed by atoms with E-state index >= 15 is 0 Å². The van der Waals surface area contributed by atoms with E-state index in [0.717, 1.165) is 12.0 Å². The first-order valence-electron chi connectivity index (χ1n) is 8.11. The van der Waals surface area contributed by atoms with Gasteiger partial charge in [0.1, 0.15) is 12.2 Å². The topological polar surface area (TPSA) is 36.9 Å². The lowest BCUT2D eigenvalue weighted by molar-refractivity contribution is -0.220. The van der Waals surface area contributed by atoms with E-state index in [2.05, 4.69) is 26.0 Å². The first kappa shape index (κ1) is 15.9. The number of fused-ring (bicyclic) bond motifs is 1. The number of ether oxygens (including phenoxy) is 4. The lowest BCUT2D eigenvalue weighted by Crippen LogP contribution is -2.37. The first-order valence-corrected chi connectivity index (χ1v) is 8.11. The van der Waals surface area contributed by atoms with Crippen LogP contribution in [0.4, 0.5) is 0 Å². The summed E-state index contributed by atoms with van der Waals surface area (Å²) in [7, 11) is 0. The lowest BCUT2D eigenvalue weighted by atomic mass is 10.0. The predicted molar refractivity (Wildman–Crippen MR) is 83.2 cm³/mol. The molecule has 2 saturated heterocycles. The molecule has 2 aliphatic heterocycles. The Morgan fingerprint density at radius 2 is 1.86 bits per heavy atom.